The Morgan fingerprint density at radius 1 is 1.38 bits per heavy atom. The smallest absolute Gasteiger partial charge is 0.407 e. The van der Waals surface area contributed by atoms with E-state index in [1.165, 1.54) is 15.5 Å². The van der Waals surface area contributed by atoms with Crippen LogP contribution >= 0.6 is 0 Å². The molecule has 1 aliphatic rings. The molecule has 1 aliphatic heterocycles. The molecule has 0 saturated carbocycles. The van der Waals surface area contributed by atoms with Crippen molar-refractivity contribution in [1.29, 1.82) is 0 Å². The maximum atomic E-state index is 12.2. The number of carboxylic acid groups (broad SMARTS) is 1. The normalized spacial score (nSPS) is 17.5. The van der Waals surface area contributed by atoms with Crippen molar-refractivity contribution in [2.45, 2.75) is 18.9 Å². The third-order valence-corrected chi connectivity index (χ3v) is 4.14. The molecule has 0 bridgehead atoms. The quantitative estimate of drug-likeness (QED) is 0.883. The average Bonchev–Trinajstić information content (AvgIpc) is 2.59. The number of nitrogens with one attached hydrogen (secondary N) is 1. The molecule has 0 aromatic carbocycles. The molecule has 3 heterocycles. The summed E-state index contributed by atoms with van der Waals surface area (Å²) in [5, 5.41) is 12.4. The number of nitrogens with zero attached hydrogens (tertiary/aromatic N) is 4. The van der Waals surface area contributed by atoms with Gasteiger partial charge in [-0.05, 0) is 25.0 Å². The Morgan fingerprint density at radius 2 is 2.12 bits per heavy atom. The Labute approximate surface area is 138 Å². The van der Waals surface area contributed by atoms with Crippen molar-refractivity contribution in [3.63, 3.8) is 0 Å². The zero-order valence-corrected chi connectivity index (χ0v) is 13.3. The minimum Gasteiger partial charge on any atom is -0.465 e. The number of rotatable bonds is 3. The van der Waals surface area contributed by atoms with Crippen LogP contribution in [0.3, 0.4) is 0 Å². The van der Waals surface area contributed by atoms with Gasteiger partial charge in [0.1, 0.15) is 0 Å². The van der Waals surface area contributed by atoms with Gasteiger partial charge < -0.3 is 15.3 Å². The molecule has 2 aromatic rings. The van der Waals surface area contributed by atoms with E-state index in [9.17, 15) is 9.59 Å². The highest BCUT2D eigenvalue weighted by Gasteiger charge is 2.24. The van der Waals surface area contributed by atoms with Gasteiger partial charge in [-0.1, -0.05) is 0 Å². The first-order chi connectivity index (χ1) is 11.5. The van der Waals surface area contributed by atoms with Gasteiger partial charge in [0, 0.05) is 50.2 Å². The number of hydrogen-bond donors (Lipinski definition) is 2. The Bertz CT molecular complexity index is 790. The average molecular weight is 329 g/mol. The fraction of sp³-hybridized carbons (Fsp3) is 0.375. The Hall–Kier alpha value is -2.90. The van der Waals surface area contributed by atoms with Crippen LogP contribution in [0.1, 0.15) is 12.8 Å². The lowest BCUT2D eigenvalue weighted by molar-refractivity contribution is 0.132. The van der Waals surface area contributed by atoms with Crippen molar-refractivity contribution in [3.05, 3.63) is 40.9 Å². The molecule has 8 nitrogen and oxygen atoms in total. The molecule has 1 amide bonds. The van der Waals surface area contributed by atoms with Crippen LogP contribution in [0.5, 0.6) is 0 Å². The summed E-state index contributed by atoms with van der Waals surface area (Å²) in [5.41, 5.74) is 1.20. The van der Waals surface area contributed by atoms with Gasteiger partial charge in [0.05, 0.1) is 5.69 Å². The summed E-state index contributed by atoms with van der Waals surface area (Å²) in [6.45, 7) is 0.918. The lowest BCUT2D eigenvalue weighted by atomic mass is 10.1. The van der Waals surface area contributed by atoms with E-state index in [0.29, 0.717) is 24.7 Å². The van der Waals surface area contributed by atoms with E-state index < -0.39 is 6.09 Å². The molecule has 2 aromatic heterocycles. The van der Waals surface area contributed by atoms with Gasteiger partial charge in [0.25, 0.3) is 5.56 Å². The Balaban J connectivity index is 1.86. The lowest BCUT2D eigenvalue weighted by Gasteiger charge is -2.31. The summed E-state index contributed by atoms with van der Waals surface area (Å²) in [4.78, 5) is 33.2. The van der Waals surface area contributed by atoms with E-state index in [1.54, 1.807) is 31.6 Å². The summed E-state index contributed by atoms with van der Waals surface area (Å²) < 4.78 is 1.43. The molecule has 0 aliphatic carbocycles. The number of anilines is 1. The van der Waals surface area contributed by atoms with Crippen LogP contribution in [0, 0.1) is 0 Å². The molecule has 24 heavy (non-hydrogen) atoms. The fourth-order valence-corrected chi connectivity index (χ4v) is 2.79. The van der Waals surface area contributed by atoms with Crippen molar-refractivity contribution < 1.29 is 9.90 Å². The molecule has 2 N–H and O–H groups in total. The van der Waals surface area contributed by atoms with Crippen LogP contribution in [0.4, 0.5) is 10.7 Å². The van der Waals surface area contributed by atoms with Crippen LogP contribution in [0.15, 0.2) is 35.4 Å². The molecule has 1 fully saturated rings. The second kappa shape index (κ2) is 6.69. The third kappa shape index (κ3) is 3.37. The van der Waals surface area contributed by atoms with Gasteiger partial charge in [-0.3, -0.25) is 14.3 Å². The largest absolute Gasteiger partial charge is 0.465 e. The molecule has 1 saturated heterocycles. The van der Waals surface area contributed by atoms with Gasteiger partial charge >= 0.3 is 6.09 Å². The highest BCUT2D eigenvalue weighted by Crippen LogP contribution is 2.18. The number of piperidine rings is 1. The number of carbonyl (C=O) groups is 1. The van der Waals surface area contributed by atoms with E-state index in [1.807, 2.05) is 0 Å². The minimum atomic E-state index is -0.922. The maximum Gasteiger partial charge on any atom is 0.407 e. The third-order valence-electron chi connectivity index (χ3n) is 4.14. The van der Waals surface area contributed by atoms with Crippen molar-refractivity contribution in [3.8, 4) is 11.3 Å². The van der Waals surface area contributed by atoms with Crippen molar-refractivity contribution in [2.75, 3.05) is 18.4 Å². The van der Waals surface area contributed by atoms with Crippen molar-refractivity contribution in [2.24, 2.45) is 7.05 Å². The Morgan fingerprint density at radius 3 is 2.83 bits per heavy atom. The summed E-state index contributed by atoms with van der Waals surface area (Å²) in [6, 6.07) is 4.99. The van der Waals surface area contributed by atoms with E-state index in [0.717, 1.165) is 18.4 Å². The molecule has 3 rings (SSSR count). The van der Waals surface area contributed by atoms with Crippen molar-refractivity contribution in [1.82, 2.24) is 19.4 Å². The SMILES string of the molecule is Cn1c(N[C@@H]2CCCN(C(=O)O)C2)nc(-c2ccncc2)cc1=O. The molecular weight excluding hydrogens is 310 g/mol. The van der Waals surface area contributed by atoms with E-state index >= 15 is 0 Å². The molecule has 1 atom stereocenters. The van der Waals surface area contributed by atoms with Crippen LogP contribution in [0.25, 0.3) is 11.3 Å². The summed E-state index contributed by atoms with van der Waals surface area (Å²) in [7, 11) is 1.64. The highest BCUT2D eigenvalue weighted by molar-refractivity contribution is 5.65. The fourth-order valence-electron chi connectivity index (χ4n) is 2.79. The number of pyridine rings is 1. The first kappa shape index (κ1) is 16.0. The van der Waals surface area contributed by atoms with Crippen LogP contribution in [0.2, 0.25) is 0 Å². The van der Waals surface area contributed by atoms with E-state index in [-0.39, 0.29) is 11.6 Å². The predicted octanol–water partition coefficient (Wildman–Crippen LogP) is 1.40. The minimum absolute atomic E-state index is 0.0689. The van der Waals surface area contributed by atoms with Crippen LogP contribution < -0.4 is 10.9 Å². The first-order valence-corrected chi connectivity index (χ1v) is 7.77. The first-order valence-electron chi connectivity index (χ1n) is 7.77. The molecule has 126 valence electrons. The molecule has 8 heteroatoms. The number of amides is 1. The number of hydrogen-bond acceptors (Lipinski definition) is 5. The highest BCUT2D eigenvalue weighted by atomic mass is 16.4. The predicted molar refractivity (Wildman–Crippen MR) is 89.0 cm³/mol. The van der Waals surface area contributed by atoms with Gasteiger partial charge in [-0.25, -0.2) is 9.78 Å². The van der Waals surface area contributed by atoms with Crippen LogP contribution in [-0.4, -0.2) is 49.8 Å². The maximum absolute atomic E-state index is 12.2. The standard InChI is InChI=1S/C16H19N5O3/c1-20-14(22)9-13(11-4-6-17-7-5-11)19-15(20)18-12-3-2-8-21(10-12)16(23)24/h4-7,9,12H,2-3,8,10H2,1H3,(H,18,19)(H,23,24)/t12-/m1/s1. The number of likely N-dealkylation sites (tertiary alicyclic amines) is 1. The topological polar surface area (TPSA) is 100 Å². The lowest BCUT2D eigenvalue weighted by Crippen LogP contribution is -2.45. The van der Waals surface area contributed by atoms with Gasteiger partial charge in [-0.15, -0.1) is 0 Å². The molecular formula is C16H19N5O3. The van der Waals surface area contributed by atoms with Gasteiger partial charge in [0.2, 0.25) is 5.95 Å². The van der Waals surface area contributed by atoms with Crippen LogP contribution in [-0.2, 0) is 7.05 Å². The van der Waals surface area contributed by atoms with Gasteiger partial charge in [0.15, 0.2) is 0 Å². The Kier molecular flexibility index (Phi) is 4.45. The van der Waals surface area contributed by atoms with E-state index in [4.69, 9.17) is 5.11 Å². The molecule has 0 spiro atoms. The monoisotopic (exact) mass is 329 g/mol. The zero-order valence-electron chi connectivity index (χ0n) is 13.3. The summed E-state index contributed by atoms with van der Waals surface area (Å²) in [6.07, 6.45) is 3.98. The molecule has 0 radical (unpaired) electrons. The second-order valence-electron chi connectivity index (χ2n) is 5.81. The van der Waals surface area contributed by atoms with E-state index in [2.05, 4.69) is 15.3 Å². The summed E-state index contributed by atoms with van der Waals surface area (Å²) in [5.74, 6) is 0.437. The summed E-state index contributed by atoms with van der Waals surface area (Å²) >= 11 is 0. The van der Waals surface area contributed by atoms with Crippen molar-refractivity contribution >= 4 is 12.0 Å². The van der Waals surface area contributed by atoms with Gasteiger partial charge in [-0.2, -0.15) is 0 Å². The second-order valence-corrected chi connectivity index (χ2v) is 5.81. The number of aromatic nitrogens is 3. The molecule has 0 unspecified atom stereocenters. The zero-order chi connectivity index (χ0) is 17.1.